The second kappa shape index (κ2) is 6.72. The molecule has 3 unspecified atom stereocenters. The molecule has 0 spiro atoms. The van der Waals surface area contributed by atoms with E-state index in [2.05, 4.69) is 11.8 Å². The van der Waals surface area contributed by atoms with Crippen LogP contribution in [0.4, 0.5) is 0 Å². The van der Waals surface area contributed by atoms with Gasteiger partial charge in [-0.1, -0.05) is 6.42 Å². The second-order valence-corrected chi connectivity index (χ2v) is 5.54. The van der Waals surface area contributed by atoms with Gasteiger partial charge in [-0.25, -0.2) is 0 Å². The fraction of sp³-hybridized carbons (Fsp3) is 1.00. The highest BCUT2D eigenvalue weighted by molar-refractivity contribution is 4.89. The Morgan fingerprint density at radius 3 is 2.88 bits per heavy atom. The molecular weight excluding hydrogens is 212 g/mol. The largest absolute Gasteiger partial charge is 0.377 e. The number of fused-ring (bicyclic) bond motifs is 1. The van der Waals surface area contributed by atoms with Crippen LogP contribution in [-0.4, -0.2) is 43.3 Å². The average Bonchev–Trinajstić information content (AvgIpc) is 2.83. The van der Waals surface area contributed by atoms with E-state index in [4.69, 9.17) is 10.5 Å². The zero-order chi connectivity index (χ0) is 12.1. The van der Waals surface area contributed by atoms with Crippen molar-refractivity contribution in [3.8, 4) is 0 Å². The highest BCUT2D eigenvalue weighted by atomic mass is 16.5. The molecule has 1 aliphatic carbocycles. The molecule has 100 valence electrons. The molecule has 2 rings (SSSR count). The fourth-order valence-corrected chi connectivity index (χ4v) is 3.65. The number of nitrogens with two attached hydrogens (primary N) is 1. The molecule has 3 heteroatoms. The van der Waals surface area contributed by atoms with Gasteiger partial charge in [0.05, 0.1) is 6.10 Å². The summed E-state index contributed by atoms with van der Waals surface area (Å²) < 4.78 is 5.64. The summed E-state index contributed by atoms with van der Waals surface area (Å²) in [5.74, 6) is 0.993. The number of hydrogen-bond acceptors (Lipinski definition) is 3. The van der Waals surface area contributed by atoms with E-state index in [9.17, 15) is 0 Å². The zero-order valence-corrected chi connectivity index (χ0v) is 11.2. The number of rotatable bonds is 6. The molecule has 0 bridgehead atoms. The lowest BCUT2D eigenvalue weighted by atomic mass is 9.92. The van der Waals surface area contributed by atoms with Crippen molar-refractivity contribution in [2.75, 3.05) is 26.2 Å². The van der Waals surface area contributed by atoms with Gasteiger partial charge in [0.25, 0.3) is 0 Å². The molecule has 2 aliphatic rings. The molecule has 0 amide bonds. The Bertz CT molecular complexity index is 222. The molecule has 1 heterocycles. The van der Waals surface area contributed by atoms with Gasteiger partial charge in [-0.3, -0.25) is 0 Å². The molecule has 3 atom stereocenters. The maximum atomic E-state index is 5.74. The third-order valence-electron chi connectivity index (χ3n) is 4.51. The Labute approximate surface area is 106 Å². The summed E-state index contributed by atoms with van der Waals surface area (Å²) in [6.07, 6.45) is 8.56. The molecular formula is C14H28N2O. The first-order chi connectivity index (χ1) is 8.35. The Morgan fingerprint density at radius 1 is 1.29 bits per heavy atom. The molecule has 17 heavy (non-hydrogen) atoms. The van der Waals surface area contributed by atoms with Crippen molar-refractivity contribution >= 4 is 0 Å². The van der Waals surface area contributed by atoms with E-state index in [1.54, 1.807) is 0 Å². The van der Waals surface area contributed by atoms with Gasteiger partial charge >= 0.3 is 0 Å². The van der Waals surface area contributed by atoms with Crippen molar-refractivity contribution in [1.29, 1.82) is 0 Å². The van der Waals surface area contributed by atoms with Gasteiger partial charge < -0.3 is 15.4 Å². The summed E-state index contributed by atoms with van der Waals surface area (Å²) in [6, 6.07) is 0.879. The molecule has 1 saturated carbocycles. The quantitative estimate of drug-likeness (QED) is 0.772. The van der Waals surface area contributed by atoms with Gasteiger partial charge in [0.1, 0.15) is 0 Å². The predicted octanol–water partition coefficient (Wildman–Crippen LogP) is 2.00. The number of likely N-dealkylation sites (tertiary alicyclic amines) is 1. The summed E-state index contributed by atoms with van der Waals surface area (Å²) >= 11 is 0. The van der Waals surface area contributed by atoms with E-state index in [1.807, 2.05) is 0 Å². The molecule has 0 aromatic carbocycles. The number of hydrogen-bond donors (Lipinski definition) is 1. The Balaban J connectivity index is 1.77. The summed E-state index contributed by atoms with van der Waals surface area (Å²) in [4.78, 5) is 2.71. The Morgan fingerprint density at radius 2 is 2.12 bits per heavy atom. The maximum absolute atomic E-state index is 5.74. The third-order valence-corrected chi connectivity index (χ3v) is 4.51. The SMILES string of the molecule is CCOC(CN)CCN1CCCC2CCCC21. The van der Waals surface area contributed by atoms with Gasteiger partial charge in [-0.05, 0) is 51.5 Å². The van der Waals surface area contributed by atoms with Crippen LogP contribution in [0.2, 0.25) is 0 Å². The van der Waals surface area contributed by atoms with Gasteiger partial charge in [0.2, 0.25) is 0 Å². The lowest BCUT2D eigenvalue weighted by molar-refractivity contribution is 0.0395. The molecule has 1 aliphatic heterocycles. The van der Waals surface area contributed by atoms with Gasteiger partial charge in [-0.15, -0.1) is 0 Å². The minimum absolute atomic E-state index is 0.266. The molecule has 0 radical (unpaired) electrons. The third kappa shape index (κ3) is 3.43. The first kappa shape index (κ1) is 13.3. The van der Waals surface area contributed by atoms with Crippen LogP contribution in [-0.2, 0) is 4.74 Å². The van der Waals surface area contributed by atoms with Crippen molar-refractivity contribution in [3.05, 3.63) is 0 Å². The molecule has 2 N–H and O–H groups in total. The van der Waals surface area contributed by atoms with Crippen LogP contribution in [0, 0.1) is 5.92 Å². The van der Waals surface area contributed by atoms with Crippen molar-refractivity contribution in [2.45, 2.75) is 57.6 Å². The topological polar surface area (TPSA) is 38.5 Å². The monoisotopic (exact) mass is 240 g/mol. The van der Waals surface area contributed by atoms with Crippen LogP contribution in [0.3, 0.4) is 0 Å². The molecule has 2 fully saturated rings. The average molecular weight is 240 g/mol. The second-order valence-electron chi connectivity index (χ2n) is 5.54. The van der Waals surface area contributed by atoms with E-state index < -0.39 is 0 Å². The van der Waals surface area contributed by atoms with Crippen LogP contribution in [0.5, 0.6) is 0 Å². The van der Waals surface area contributed by atoms with Crippen molar-refractivity contribution in [2.24, 2.45) is 11.7 Å². The lowest BCUT2D eigenvalue weighted by Gasteiger charge is -2.38. The smallest absolute Gasteiger partial charge is 0.0709 e. The van der Waals surface area contributed by atoms with E-state index in [1.165, 1.54) is 45.2 Å². The van der Waals surface area contributed by atoms with Gasteiger partial charge in [0, 0.05) is 25.7 Å². The molecule has 3 nitrogen and oxygen atoms in total. The summed E-state index contributed by atoms with van der Waals surface area (Å²) in [5, 5.41) is 0. The first-order valence-corrected chi connectivity index (χ1v) is 7.40. The van der Waals surface area contributed by atoms with Crippen LogP contribution in [0.15, 0.2) is 0 Å². The summed E-state index contributed by atoms with van der Waals surface area (Å²) in [6.45, 7) is 5.98. The van der Waals surface area contributed by atoms with Crippen LogP contribution in [0.25, 0.3) is 0 Å². The number of nitrogens with zero attached hydrogens (tertiary/aromatic N) is 1. The lowest BCUT2D eigenvalue weighted by Crippen LogP contribution is -2.44. The normalized spacial score (nSPS) is 31.4. The summed E-state index contributed by atoms with van der Waals surface area (Å²) in [7, 11) is 0. The minimum atomic E-state index is 0.266. The molecule has 0 aromatic rings. The first-order valence-electron chi connectivity index (χ1n) is 7.40. The minimum Gasteiger partial charge on any atom is -0.377 e. The molecule has 0 aromatic heterocycles. The van der Waals surface area contributed by atoms with Crippen molar-refractivity contribution < 1.29 is 4.74 Å². The van der Waals surface area contributed by atoms with E-state index >= 15 is 0 Å². The van der Waals surface area contributed by atoms with Crippen molar-refractivity contribution in [1.82, 2.24) is 4.90 Å². The van der Waals surface area contributed by atoms with Gasteiger partial charge in [0.15, 0.2) is 0 Å². The fourth-order valence-electron chi connectivity index (χ4n) is 3.65. The highest BCUT2D eigenvalue weighted by Gasteiger charge is 2.34. The zero-order valence-electron chi connectivity index (χ0n) is 11.2. The van der Waals surface area contributed by atoms with Crippen LogP contribution in [0.1, 0.15) is 45.4 Å². The summed E-state index contributed by atoms with van der Waals surface area (Å²) in [5.41, 5.74) is 5.74. The van der Waals surface area contributed by atoms with E-state index in [0.717, 1.165) is 25.0 Å². The van der Waals surface area contributed by atoms with Crippen molar-refractivity contribution in [3.63, 3.8) is 0 Å². The van der Waals surface area contributed by atoms with E-state index in [0.29, 0.717) is 6.54 Å². The standard InChI is InChI=1S/C14H28N2O/c1-2-17-13(11-15)8-10-16-9-4-6-12-5-3-7-14(12)16/h12-14H,2-11,15H2,1H3. The van der Waals surface area contributed by atoms with E-state index in [-0.39, 0.29) is 6.10 Å². The predicted molar refractivity (Wildman–Crippen MR) is 71.0 cm³/mol. The Hall–Kier alpha value is -0.120. The molecule has 1 saturated heterocycles. The Kier molecular flexibility index (Phi) is 5.26. The van der Waals surface area contributed by atoms with Crippen LogP contribution >= 0.6 is 0 Å². The number of ether oxygens (including phenoxy) is 1. The van der Waals surface area contributed by atoms with Crippen LogP contribution < -0.4 is 5.73 Å². The number of piperidine rings is 1. The highest BCUT2D eigenvalue weighted by Crippen LogP contribution is 2.36. The van der Waals surface area contributed by atoms with Gasteiger partial charge in [-0.2, -0.15) is 0 Å². The maximum Gasteiger partial charge on any atom is 0.0709 e.